The average Bonchev–Trinajstić information content (AvgIpc) is 2.06. The van der Waals surface area contributed by atoms with Gasteiger partial charge in [-0.3, -0.25) is 0 Å². The molecule has 1 rings (SSSR count). The summed E-state index contributed by atoms with van der Waals surface area (Å²) in [6.45, 7) is 0.179. The van der Waals surface area contributed by atoms with Crippen LogP contribution in [0.25, 0.3) is 0 Å². The van der Waals surface area contributed by atoms with Gasteiger partial charge in [-0.25, -0.2) is 0 Å². The van der Waals surface area contributed by atoms with Crippen LogP contribution in [-0.4, -0.2) is 55.6 Å². The van der Waals surface area contributed by atoms with E-state index in [4.69, 9.17) is 14.2 Å². The summed E-state index contributed by atoms with van der Waals surface area (Å²) in [6.07, 6.45) is -3.08. The summed E-state index contributed by atoms with van der Waals surface area (Å²) < 4.78 is 14.7. The minimum atomic E-state index is -1.07. The normalized spacial score (nSPS) is 43.0. The first-order valence-corrected chi connectivity index (χ1v) is 3.74. The van der Waals surface area contributed by atoms with Crippen LogP contribution in [0, 0.1) is 0 Å². The lowest BCUT2D eigenvalue weighted by Gasteiger charge is -2.36. The molecule has 1 aliphatic heterocycles. The molecule has 0 aromatic carbocycles. The van der Waals surface area contributed by atoms with Crippen molar-refractivity contribution < 1.29 is 24.4 Å². The van der Waals surface area contributed by atoms with Crippen molar-refractivity contribution in [2.45, 2.75) is 24.6 Å². The highest BCUT2D eigenvalue weighted by atomic mass is 16.7. The number of hydrogen-bond donors (Lipinski definition) is 2. The van der Waals surface area contributed by atoms with Crippen molar-refractivity contribution in [2.24, 2.45) is 0 Å². The van der Waals surface area contributed by atoms with Gasteiger partial charge in [0.1, 0.15) is 18.3 Å². The zero-order valence-electron chi connectivity index (χ0n) is 7.14. The molecule has 0 aromatic rings. The van der Waals surface area contributed by atoms with Crippen LogP contribution in [0.1, 0.15) is 0 Å². The van der Waals surface area contributed by atoms with Crippen molar-refractivity contribution in [3.05, 3.63) is 0 Å². The molecule has 0 aliphatic carbocycles. The van der Waals surface area contributed by atoms with E-state index < -0.39 is 24.6 Å². The molecule has 2 N–H and O–H groups in total. The largest absolute Gasteiger partial charge is 0.387 e. The molecule has 1 aliphatic rings. The van der Waals surface area contributed by atoms with Crippen molar-refractivity contribution in [3.8, 4) is 0 Å². The predicted molar refractivity (Wildman–Crippen MR) is 39.6 cm³/mol. The van der Waals surface area contributed by atoms with E-state index in [0.29, 0.717) is 0 Å². The van der Waals surface area contributed by atoms with Crippen LogP contribution in [0.3, 0.4) is 0 Å². The maximum absolute atomic E-state index is 9.51. The Morgan fingerprint density at radius 1 is 1.25 bits per heavy atom. The summed E-state index contributed by atoms with van der Waals surface area (Å²) in [4.78, 5) is 0. The van der Waals surface area contributed by atoms with Gasteiger partial charge < -0.3 is 24.4 Å². The Bertz CT molecular complexity index is 140. The molecule has 1 unspecified atom stereocenters. The molecule has 72 valence electrons. The molecule has 4 atom stereocenters. The minimum absolute atomic E-state index is 0.179. The second-order valence-corrected chi connectivity index (χ2v) is 2.69. The Balaban J connectivity index is 2.56. The van der Waals surface area contributed by atoms with Gasteiger partial charge in [0.25, 0.3) is 0 Å². The molecule has 1 saturated heterocycles. The van der Waals surface area contributed by atoms with Crippen molar-refractivity contribution in [3.63, 3.8) is 0 Å². The van der Waals surface area contributed by atoms with Crippen molar-refractivity contribution in [1.82, 2.24) is 0 Å². The van der Waals surface area contributed by atoms with Gasteiger partial charge in [-0.15, -0.1) is 0 Å². The Morgan fingerprint density at radius 3 is 2.42 bits per heavy atom. The van der Waals surface area contributed by atoms with Gasteiger partial charge in [-0.2, -0.15) is 0 Å². The van der Waals surface area contributed by atoms with Gasteiger partial charge in [0.15, 0.2) is 6.29 Å². The monoisotopic (exact) mass is 178 g/mol. The Labute approximate surface area is 70.9 Å². The van der Waals surface area contributed by atoms with Gasteiger partial charge >= 0.3 is 0 Å². The Hall–Kier alpha value is -0.200. The lowest BCUT2D eigenvalue weighted by atomic mass is 10.1. The van der Waals surface area contributed by atoms with E-state index >= 15 is 0 Å². The van der Waals surface area contributed by atoms with E-state index in [2.05, 4.69) is 0 Å². The van der Waals surface area contributed by atoms with E-state index in [1.807, 2.05) is 0 Å². The second kappa shape index (κ2) is 4.15. The molecular weight excluding hydrogens is 164 g/mol. The maximum Gasteiger partial charge on any atom is 0.183 e. The van der Waals surface area contributed by atoms with Crippen LogP contribution in [0.5, 0.6) is 0 Å². The molecule has 1 heterocycles. The van der Waals surface area contributed by atoms with Crippen LogP contribution in [0.15, 0.2) is 0 Å². The third-order valence-electron chi connectivity index (χ3n) is 2.00. The molecule has 0 bridgehead atoms. The number of aliphatic hydroxyl groups excluding tert-OH is 2. The first kappa shape index (κ1) is 9.88. The molecule has 0 aromatic heterocycles. The highest BCUT2D eigenvalue weighted by Crippen LogP contribution is 2.17. The third kappa shape index (κ3) is 1.75. The van der Waals surface area contributed by atoms with Crippen LogP contribution in [-0.2, 0) is 14.2 Å². The highest BCUT2D eigenvalue weighted by molar-refractivity contribution is 4.83. The van der Waals surface area contributed by atoms with Gasteiger partial charge in [0.05, 0.1) is 6.61 Å². The molecule has 12 heavy (non-hydrogen) atoms. The Kier molecular flexibility index (Phi) is 3.42. The summed E-state index contributed by atoms with van der Waals surface area (Å²) in [5.74, 6) is 0. The zero-order valence-corrected chi connectivity index (χ0v) is 7.14. The number of ether oxygens (including phenoxy) is 3. The predicted octanol–water partition coefficient (Wildman–Crippen LogP) is -1.27. The molecule has 5 heteroatoms. The fraction of sp³-hybridized carbons (Fsp3) is 1.00. The van der Waals surface area contributed by atoms with E-state index in [1.165, 1.54) is 14.2 Å². The molecule has 0 radical (unpaired) electrons. The maximum atomic E-state index is 9.51. The standard InChI is InChI=1S/C7H14O5/c1-10-4-3-12-7(9)6(11-2)5(4)8/h4-9H,3H2,1-2H3/t4-,5-,6+,7?/m0/s1. The molecule has 0 spiro atoms. The summed E-state index contributed by atoms with van der Waals surface area (Å²) in [7, 11) is 2.88. The number of rotatable bonds is 2. The first-order chi connectivity index (χ1) is 5.70. The second-order valence-electron chi connectivity index (χ2n) is 2.69. The van der Waals surface area contributed by atoms with Crippen LogP contribution < -0.4 is 0 Å². The summed E-state index contributed by atoms with van der Waals surface area (Å²) in [5.41, 5.74) is 0. The van der Waals surface area contributed by atoms with Gasteiger partial charge in [0, 0.05) is 14.2 Å². The molecular formula is C7H14O5. The van der Waals surface area contributed by atoms with Crippen LogP contribution >= 0.6 is 0 Å². The number of aliphatic hydroxyl groups is 2. The smallest absolute Gasteiger partial charge is 0.183 e. The van der Waals surface area contributed by atoms with E-state index in [-0.39, 0.29) is 6.61 Å². The van der Waals surface area contributed by atoms with Crippen molar-refractivity contribution in [2.75, 3.05) is 20.8 Å². The summed E-state index contributed by atoms with van der Waals surface area (Å²) in [5, 5.41) is 18.7. The zero-order chi connectivity index (χ0) is 9.14. The lowest BCUT2D eigenvalue weighted by molar-refractivity contribution is -0.262. The van der Waals surface area contributed by atoms with Crippen molar-refractivity contribution in [1.29, 1.82) is 0 Å². The van der Waals surface area contributed by atoms with Crippen LogP contribution in [0.2, 0.25) is 0 Å². The van der Waals surface area contributed by atoms with Crippen LogP contribution in [0.4, 0.5) is 0 Å². The number of methoxy groups -OCH3 is 2. The molecule has 0 saturated carbocycles. The van der Waals surface area contributed by atoms with E-state index in [1.54, 1.807) is 0 Å². The fourth-order valence-corrected chi connectivity index (χ4v) is 1.23. The highest BCUT2D eigenvalue weighted by Gasteiger charge is 2.38. The summed E-state index contributed by atoms with van der Waals surface area (Å²) in [6, 6.07) is 0. The lowest BCUT2D eigenvalue weighted by Crippen LogP contribution is -2.54. The molecule has 5 nitrogen and oxygen atoms in total. The van der Waals surface area contributed by atoms with Gasteiger partial charge in [-0.05, 0) is 0 Å². The van der Waals surface area contributed by atoms with E-state index in [0.717, 1.165) is 0 Å². The fourth-order valence-electron chi connectivity index (χ4n) is 1.23. The number of hydrogen-bond acceptors (Lipinski definition) is 5. The quantitative estimate of drug-likeness (QED) is 0.551. The topological polar surface area (TPSA) is 68.2 Å². The third-order valence-corrected chi connectivity index (χ3v) is 2.00. The van der Waals surface area contributed by atoms with Crippen molar-refractivity contribution >= 4 is 0 Å². The molecule has 0 amide bonds. The summed E-state index contributed by atoms with van der Waals surface area (Å²) >= 11 is 0. The average molecular weight is 178 g/mol. The molecule has 1 fully saturated rings. The van der Waals surface area contributed by atoms with Gasteiger partial charge in [0.2, 0.25) is 0 Å². The SMILES string of the molecule is CO[C@H]1COC(O)[C@H](OC)[C@H]1O. The first-order valence-electron chi connectivity index (χ1n) is 3.74. The van der Waals surface area contributed by atoms with E-state index in [9.17, 15) is 10.2 Å². The van der Waals surface area contributed by atoms with Gasteiger partial charge in [-0.1, -0.05) is 0 Å². The minimum Gasteiger partial charge on any atom is -0.387 e. The Morgan fingerprint density at radius 2 is 1.92 bits per heavy atom.